The molecule has 6 heteroatoms. The number of ether oxygens (including phenoxy) is 1. The zero-order valence-electron chi connectivity index (χ0n) is 11.2. The van der Waals surface area contributed by atoms with Crippen LogP contribution < -0.4 is 0 Å². The first-order valence-corrected chi connectivity index (χ1v) is 7.25. The minimum absolute atomic E-state index is 0.315. The van der Waals surface area contributed by atoms with Gasteiger partial charge in [-0.15, -0.1) is 11.3 Å². The van der Waals surface area contributed by atoms with Crippen molar-refractivity contribution in [2.24, 2.45) is 0 Å². The third kappa shape index (κ3) is 2.28. The van der Waals surface area contributed by atoms with Gasteiger partial charge in [0.2, 0.25) is 0 Å². The van der Waals surface area contributed by atoms with E-state index >= 15 is 0 Å². The zero-order chi connectivity index (χ0) is 14.8. The molecule has 5 nitrogen and oxygen atoms in total. The molecule has 1 aromatic carbocycles. The maximum atomic E-state index is 12.0. The second-order valence-corrected chi connectivity index (χ2v) is 5.17. The predicted molar refractivity (Wildman–Crippen MR) is 79.2 cm³/mol. The van der Waals surface area contributed by atoms with Crippen LogP contribution in [0.4, 0.5) is 0 Å². The lowest BCUT2D eigenvalue weighted by molar-refractivity contribution is 0.0523. The average molecular weight is 297 g/mol. The van der Waals surface area contributed by atoms with E-state index in [4.69, 9.17) is 10.00 Å². The van der Waals surface area contributed by atoms with Crippen LogP contribution in [-0.2, 0) is 4.74 Å². The number of thiazole rings is 1. The molecule has 0 spiro atoms. The van der Waals surface area contributed by atoms with Crippen LogP contribution in [0.25, 0.3) is 16.2 Å². The molecule has 0 aliphatic carbocycles. The Bertz CT molecular complexity index is 840. The largest absolute Gasteiger partial charge is 0.461 e. The van der Waals surface area contributed by atoms with Crippen molar-refractivity contribution >= 4 is 22.1 Å². The fraction of sp³-hybridized carbons (Fsp3) is 0.133. The highest BCUT2D eigenvalue weighted by atomic mass is 32.1. The topological polar surface area (TPSA) is 67.4 Å². The first-order valence-electron chi connectivity index (χ1n) is 6.37. The van der Waals surface area contributed by atoms with Crippen LogP contribution in [0.2, 0.25) is 0 Å². The van der Waals surface area contributed by atoms with E-state index in [1.54, 1.807) is 19.1 Å². The first kappa shape index (κ1) is 13.3. The molecule has 0 atom stereocenters. The molecule has 2 aromatic heterocycles. The predicted octanol–water partition coefficient (Wildman–Crippen LogP) is 3.11. The number of benzene rings is 1. The monoisotopic (exact) mass is 297 g/mol. The maximum Gasteiger partial charge on any atom is 0.360 e. The summed E-state index contributed by atoms with van der Waals surface area (Å²) in [7, 11) is 0. The van der Waals surface area contributed by atoms with Crippen LogP contribution in [0, 0.1) is 11.3 Å². The number of hydrogen-bond donors (Lipinski definition) is 0. The molecule has 0 N–H and O–H groups in total. The number of carbonyl (C=O) groups is 1. The van der Waals surface area contributed by atoms with Crippen molar-refractivity contribution in [3.8, 4) is 17.5 Å². The second kappa shape index (κ2) is 5.38. The molecule has 0 saturated heterocycles. The van der Waals surface area contributed by atoms with Gasteiger partial charge in [0.05, 0.1) is 18.2 Å². The van der Waals surface area contributed by atoms with Crippen LogP contribution >= 0.6 is 11.3 Å². The van der Waals surface area contributed by atoms with Crippen LogP contribution in [-0.4, -0.2) is 22.0 Å². The average Bonchev–Trinajstić information content (AvgIpc) is 3.09. The van der Waals surface area contributed by atoms with Gasteiger partial charge >= 0.3 is 5.97 Å². The van der Waals surface area contributed by atoms with Gasteiger partial charge in [0, 0.05) is 17.1 Å². The standard InChI is InChI=1S/C15H11N3O2S/c1-2-20-15(19)12-14-18(7-8-21-14)13(17-12)11-5-3-10(9-16)4-6-11/h3-8H,2H2,1H3. The summed E-state index contributed by atoms with van der Waals surface area (Å²) < 4.78 is 6.90. The van der Waals surface area contributed by atoms with Crippen LogP contribution in [0.5, 0.6) is 0 Å². The highest BCUT2D eigenvalue weighted by Gasteiger charge is 2.20. The van der Waals surface area contributed by atoms with Gasteiger partial charge in [0.1, 0.15) is 10.7 Å². The van der Waals surface area contributed by atoms with E-state index in [0.717, 1.165) is 10.4 Å². The van der Waals surface area contributed by atoms with Crippen molar-refractivity contribution in [1.29, 1.82) is 5.26 Å². The highest BCUT2D eigenvalue weighted by Crippen LogP contribution is 2.26. The molecule has 0 amide bonds. The molecular formula is C15H11N3O2S. The number of fused-ring (bicyclic) bond motifs is 1. The summed E-state index contributed by atoms with van der Waals surface area (Å²) >= 11 is 1.44. The minimum atomic E-state index is -0.419. The Kier molecular flexibility index (Phi) is 3.42. The normalized spacial score (nSPS) is 10.5. The number of rotatable bonds is 3. The molecule has 0 aliphatic heterocycles. The molecule has 2 heterocycles. The molecule has 3 aromatic rings. The summed E-state index contributed by atoms with van der Waals surface area (Å²) in [5, 5.41) is 10.7. The highest BCUT2D eigenvalue weighted by molar-refractivity contribution is 7.15. The number of aromatic nitrogens is 2. The van der Waals surface area contributed by atoms with Gasteiger partial charge in [-0.25, -0.2) is 9.78 Å². The fourth-order valence-corrected chi connectivity index (χ4v) is 2.87. The van der Waals surface area contributed by atoms with Gasteiger partial charge in [0.15, 0.2) is 5.69 Å². The van der Waals surface area contributed by atoms with E-state index in [1.165, 1.54) is 11.3 Å². The molecule has 0 fully saturated rings. The Morgan fingerprint density at radius 3 is 2.86 bits per heavy atom. The van der Waals surface area contributed by atoms with E-state index in [9.17, 15) is 4.79 Å². The minimum Gasteiger partial charge on any atom is -0.461 e. The molecule has 0 unspecified atom stereocenters. The van der Waals surface area contributed by atoms with E-state index in [2.05, 4.69) is 11.1 Å². The number of nitrogens with zero attached hydrogens (tertiary/aromatic N) is 3. The third-order valence-corrected chi connectivity index (χ3v) is 3.87. The van der Waals surface area contributed by atoms with Gasteiger partial charge in [-0.3, -0.25) is 4.40 Å². The molecular weight excluding hydrogens is 286 g/mol. The molecule has 0 radical (unpaired) electrons. The van der Waals surface area contributed by atoms with Crippen molar-refractivity contribution in [2.75, 3.05) is 6.61 Å². The number of carbonyl (C=O) groups excluding carboxylic acids is 1. The van der Waals surface area contributed by atoms with Gasteiger partial charge in [-0.2, -0.15) is 5.26 Å². The van der Waals surface area contributed by atoms with Crippen LogP contribution in [0.15, 0.2) is 35.8 Å². The Balaban J connectivity index is 2.12. The Morgan fingerprint density at radius 1 is 1.43 bits per heavy atom. The van der Waals surface area contributed by atoms with Crippen molar-refractivity contribution in [3.63, 3.8) is 0 Å². The molecule has 0 saturated carbocycles. The summed E-state index contributed by atoms with van der Waals surface area (Å²) in [5.74, 6) is 0.246. The van der Waals surface area contributed by atoms with E-state index in [1.807, 2.05) is 28.1 Å². The Morgan fingerprint density at radius 2 is 2.19 bits per heavy atom. The molecule has 0 aliphatic rings. The number of imidazole rings is 1. The fourth-order valence-electron chi connectivity index (χ4n) is 2.05. The van der Waals surface area contributed by atoms with Crippen LogP contribution in [0.3, 0.4) is 0 Å². The second-order valence-electron chi connectivity index (χ2n) is 4.27. The van der Waals surface area contributed by atoms with Gasteiger partial charge < -0.3 is 4.74 Å². The van der Waals surface area contributed by atoms with E-state index in [-0.39, 0.29) is 0 Å². The lowest BCUT2D eigenvalue weighted by atomic mass is 10.1. The number of hydrogen-bond acceptors (Lipinski definition) is 5. The molecule has 0 bridgehead atoms. The Hall–Kier alpha value is -2.65. The smallest absolute Gasteiger partial charge is 0.360 e. The molecule has 3 rings (SSSR count). The van der Waals surface area contributed by atoms with Gasteiger partial charge in [-0.1, -0.05) is 0 Å². The van der Waals surface area contributed by atoms with E-state index < -0.39 is 5.97 Å². The number of nitriles is 1. The summed E-state index contributed by atoms with van der Waals surface area (Å²) in [6.07, 6.45) is 1.86. The summed E-state index contributed by atoms with van der Waals surface area (Å²) in [4.78, 5) is 17.1. The van der Waals surface area contributed by atoms with Crippen molar-refractivity contribution in [1.82, 2.24) is 9.38 Å². The van der Waals surface area contributed by atoms with E-state index in [0.29, 0.717) is 23.7 Å². The lowest BCUT2D eigenvalue weighted by Crippen LogP contribution is -2.05. The van der Waals surface area contributed by atoms with Crippen molar-refractivity contribution < 1.29 is 9.53 Å². The maximum absolute atomic E-state index is 12.0. The third-order valence-electron chi connectivity index (χ3n) is 3.00. The first-order chi connectivity index (χ1) is 10.2. The molecule has 104 valence electrons. The molecule has 21 heavy (non-hydrogen) atoms. The van der Waals surface area contributed by atoms with Crippen LogP contribution in [0.1, 0.15) is 23.0 Å². The SMILES string of the molecule is CCOC(=O)c1nc(-c2ccc(C#N)cc2)n2ccsc12. The number of esters is 1. The van der Waals surface area contributed by atoms with Crippen molar-refractivity contribution in [2.45, 2.75) is 6.92 Å². The summed E-state index contributed by atoms with van der Waals surface area (Å²) in [6.45, 7) is 2.08. The quantitative estimate of drug-likeness (QED) is 0.697. The van der Waals surface area contributed by atoms with Gasteiger partial charge in [-0.05, 0) is 31.2 Å². The van der Waals surface area contributed by atoms with Crippen molar-refractivity contribution in [3.05, 3.63) is 47.1 Å². The zero-order valence-corrected chi connectivity index (χ0v) is 12.1. The Labute approximate surface area is 125 Å². The van der Waals surface area contributed by atoms with Gasteiger partial charge in [0.25, 0.3) is 0 Å². The summed E-state index contributed by atoms with van der Waals surface area (Å²) in [5.41, 5.74) is 1.76. The summed E-state index contributed by atoms with van der Waals surface area (Å²) in [6, 6.07) is 9.18. The lowest BCUT2D eigenvalue weighted by Gasteiger charge is -1.98.